The van der Waals surface area contributed by atoms with Crippen LogP contribution in [0.5, 0.6) is 0 Å². The van der Waals surface area contributed by atoms with Crippen molar-refractivity contribution in [2.24, 2.45) is 0 Å². The maximum Gasteiger partial charge on any atom is 0.271 e. The van der Waals surface area contributed by atoms with E-state index < -0.39 is 0 Å². The number of halogens is 1. The quantitative estimate of drug-likeness (QED) is 0.888. The minimum Gasteiger partial charge on any atom is -0.362 e. The molecule has 7 heteroatoms. The lowest BCUT2D eigenvalue weighted by atomic mass is 10.2. The highest BCUT2D eigenvalue weighted by atomic mass is 79.9. The molecule has 0 spiro atoms. The second-order valence-electron chi connectivity index (χ2n) is 4.76. The second-order valence-corrected chi connectivity index (χ2v) is 5.67. The topological polar surface area (TPSA) is 78.1 Å². The molecule has 0 aliphatic heterocycles. The van der Waals surface area contributed by atoms with E-state index in [0.29, 0.717) is 15.9 Å². The van der Waals surface area contributed by atoms with Crippen molar-refractivity contribution in [2.75, 3.05) is 24.3 Å². The molecular weight excluding hydrogens is 336 g/mol. The maximum absolute atomic E-state index is 12.4. The van der Waals surface area contributed by atoms with E-state index in [1.807, 2.05) is 0 Å². The van der Waals surface area contributed by atoms with E-state index in [0.717, 1.165) is 5.69 Å². The van der Waals surface area contributed by atoms with Gasteiger partial charge in [0.2, 0.25) is 0 Å². The number of anilines is 2. The fourth-order valence-corrected chi connectivity index (χ4v) is 2.15. The van der Waals surface area contributed by atoms with Crippen molar-refractivity contribution in [3.63, 3.8) is 0 Å². The van der Waals surface area contributed by atoms with Gasteiger partial charge in [-0.2, -0.15) is 0 Å². The number of pyridine rings is 2. The molecule has 110 valence electrons. The summed E-state index contributed by atoms with van der Waals surface area (Å²) in [5.41, 5.74) is 0.985. The number of rotatable bonds is 3. The number of aromatic nitrogens is 2. The number of amides is 1. The summed E-state index contributed by atoms with van der Waals surface area (Å²) < 4.78 is 0.691. The Hall–Kier alpha value is -2.15. The van der Waals surface area contributed by atoms with Crippen LogP contribution in [0.3, 0.4) is 0 Å². The summed E-state index contributed by atoms with van der Waals surface area (Å²) in [5.74, 6) is 0.140. The highest BCUT2D eigenvalue weighted by molar-refractivity contribution is 9.10. The Morgan fingerprint density at radius 1 is 1.38 bits per heavy atom. The van der Waals surface area contributed by atoms with Gasteiger partial charge in [0.15, 0.2) is 0 Å². The van der Waals surface area contributed by atoms with E-state index >= 15 is 0 Å². The SMILES string of the molecule is Cc1ccc(NC(=O)c2cc(Br)cnc2N(C)C)c(=O)[nH]1. The van der Waals surface area contributed by atoms with Crippen LogP contribution in [0.1, 0.15) is 16.1 Å². The third-order valence-electron chi connectivity index (χ3n) is 2.81. The van der Waals surface area contributed by atoms with Gasteiger partial charge in [0.1, 0.15) is 11.5 Å². The largest absolute Gasteiger partial charge is 0.362 e. The first-order chi connectivity index (χ1) is 9.88. The van der Waals surface area contributed by atoms with Crippen LogP contribution in [0.2, 0.25) is 0 Å². The Bertz CT molecular complexity index is 740. The Labute approximate surface area is 130 Å². The van der Waals surface area contributed by atoms with Crippen LogP contribution in [0.25, 0.3) is 0 Å². The van der Waals surface area contributed by atoms with Gasteiger partial charge in [0.25, 0.3) is 11.5 Å². The molecule has 0 radical (unpaired) electrons. The van der Waals surface area contributed by atoms with Crippen LogP contribution in [-0.4, -0.2) is 30.0 Å². The summed E-state index contributed by atoms with van der Waals surface area (Å²) in [5, 5.41) is 2.61. The van der Waals surface area contributed by atoms with Crippen LogP contribution >= 0.6 is 15.9 Å². The molecule has 0 saturated carbocycles. The highest BCUT2D eigenvalue weighted by Gasteiger charge is 2.16. The van der Waals surface area contributed by atoms with E-state index in [2.05, 4.69) is 31.2 Å². The number of carbonyl (C=O) groups excluding carboxylic acids is 1. The van der Waals surface area contributed by atoms with E-state index in [9.17, 15) is 9.59 Å². The smallest absolute Gasteiger partial charge is 0.271 e. The van der Waals surface area contributed by atoms with Gasteiger partial charge < -0.3 is 15.2 Å². The minimum atomic E-state index is -0.387. The summed E-state index contributed by atoms with van der Waals surface area (Å²) in [7, 11) is 3.59. The van der Waals surface area contributed by atoms with Crippen LogP contribution in [0.4, 0.5) is 11.5 Å². The van der Waals surface area contributed by atoms with E-state index in [1.54, 1.807) is 50.3 Å². The van der Waals surface area contributed by atoms with Gasteiger partial charge >= 0.3 is 0 Å². The van der Waals surface area contributed by atoms with E-state index in [-0.39, 0.29) is 17.2 Å². The Balaban J connectivity index is 2.36. The number of carbonyl (C=O) groups is 1. The summed E-state index contributed by atoms with van der Waals surface area (Å²) in [6.07, 6.45) is 1.62. The molecule has 2 N–H and O–H groups in total. The molecule has 0 aromatic carbocycles. The summed E-state index contributed by atoms with van der Waals surface area (Å²) in [4.78, 5) is 32.7. The van der Waals surface area contributed by atoms with Gasteiger partial charge in [-0.25, -0.2) is 4.98 Å². The lowest BCUT2D eigenvalue weighted by Gasteiger charge is -2.16. The first-order valence-corrected chi connectivity index (χ1v) is 7.02. The fraction of sp³-hybridized carbons (Fsp3) is 0.214. The normalized spacial score (nSPS) is 10.3. The molecular formula is C14H15BrN4O2. The first-order valence-electron chi connectivity index (χ1n) is 6.22. The van der Waals surface area contributed by atoms with Crippen LogP contribution in [0.15, 0.2) is 33.7 Å². The lowest BCUT2D eigenvalue weighted by molar-refractivity contribution is 0.102. The molecule has 2 aromatic rings. The number of aryl methyl sites for hydroxylation is 1. The van der Waals surface area contributed by atoms with Gasteiger partial charge in [-0.05, 0) is 41.1 Å². The van der Waals surface area contributed by atoms with Crippen molar-refractivity contribution >= 4 is 33.3 Å². The van der Waals surface area contributed by atoms with Gasteiger partial charge in [-0.3, -0.25) is 9.59 Å². The third-order valence-corrected chi connectivity index (χ3v) is 3.24. The Morgan fingerprint density at radius 3 is 2.71 bits per heavy atom. The predicted octanol–water partition coefficient (Wildman–Crippen LogP) is 2.16. The second kappa shape index (κ2) is 6.09. The van der Waals surface area contributed by atoms with Crippen molar-refractivity contribution in [2.45, 2.75) is 6.92 Å². The highest BCUT2D eigenvalue weighted by Crippen LogP contribution is 2.20. The monoisotopic (exact) mass is 350 g/mol. The molecule has 0 atom stereocenters. The molecule has 2 aromatic heterocycles. The standard InChI is InChI=1S/C14H15BrN4O2/c1-8-4-5-11(14(21)17-8)18-13(20)10-6-9(15)7-16-12(10)19(2)3/h4-7H,1-3H3,(H,17,21)(H,18,20). The lowest BCUT2D eigenvalue weighted by Crippen LogP contribution is -2.23. The van der Waals surface area contributed by atoms with Gasteiger partial charge in [-0.15, -0.1) is 0 Å². The zero-order valence-electron chi connectivity index (χ0n) is 11.9. The van der Waals surface area contributed by atoms with Crippen molar-refractivity contribution in [1.82, 2.24) is 9.97 Å². The molecule has 6 nitrogen and oxygen atoms in total. The number of hydrogen-bond donors (Lipinski definition) is 2. The molecule has 0 unspecified atom stereocenters. The molecule has 0 aliphatic carbocycles. The third kappa shape index (κ3) is 3.49. The van der Waals surface area contributed by atoms with Crippen molar-refractivity contribution < 1.29 is 4.79 Å². The average Bonchev–Trinajstić information content (AvgIpc) is 2.41. The molecule has 0 fully saturated rings. The Morgan fingerprint density at radius 2 is 2.10 bits per heavy atom. The van der Waals surface area contributed by atoms with Crippen LogP contribution in [-0.2, 0) is 0 Å². The van der Waals surface area contributed by atoms with Gasteiger partial charge in [0.05, 0.1) is 5.56 Å². The zero-order chi connectivity index (χ0) is 15.6. The molecule has 0 saturated heterocycles. The number of nitrogens with zero attached hydrogens (tertiary/aromatic N) is 2. The van der Waals surface area contributed by atoms with Gasteiger partial charge in [-0.1, -0.05) is 0 Å². The zero-order valence-corrected chi connectivity index (χ0v) is 13.5. The van der Waals surface area contributed by atoms with E-state index in [1.165, 1.54) is 0 Å². The summed E-state index contributed by atoms with van der Waals surface area (Å²) in [6.45, 7) is 1.77. The molecule has 21 heavy (non-hydrogen) atoms. The minimum absolute atomic E-state index is 0.204. The molecule has 2 heterocycles. The van der Waals surface area contributed by atoms with Crippen LogP contribution in [0, 0.1) is 6.92 Å². The number of hydrogen-bond acceptors (Lipinski definition) is 4. The maximum atomic E-state index is 12.4. The van der Waals surface area contributed by atoms with Crippen LogP contribution < -0.4 is 15.8 Å². The molecule has 2 rings (SSSR count). The average molecular weight is 351 g/mol. The Kier molecular flexibility index (Phi) is 4.42. The first kappa shape index (κ1) is 15.2. The van der Waals surface area contributed by atoms with Crippen molar-refractivity contribution in [3.8, 4) is 0 Å². The summed E-state index contributed by atoms with van der Waals surface area (Å²) >= 11 is 3.29. The van der Waals surface area contributed by atoms with E-state index in [4.69, 9.17) is 0 Å². The van der Waals surface area contributed by atoms with Crippen molar-refractivity contribution in [3.05, 3.63) is 50.5 Å². The molecule has 0 aliphatic rings. The molecule has 1 amide bonds. The summed E-state index contributed by atoms with van der Waals surface area (Å²) in [6, 6.07) is 4.97. The predicted molar refractivity (Wildman–Crippen MR) is 86.0 cm³/mol. The van der Waals surface area contributed by atoms with Crippen molar-refractivity contribution in [1.29, 1.82) is 0 Å². The molecule has 0 bridgehead atoms. The number of aromatic amines is 1. The van der Waals surface area contributed by atoms with Gasteiger partial charge in [0, 0.05) is 30.5 Å². The number of nitrogens with one attached hydrogen (secondary N) is 2. The fourth-order valence-electron chi connectivity index (χ4n) is 1.82. The number of H-pyrrole nitrogens is 1.